The van der Waals surface area contributed by atoms with Gasteiger partial charge in [0.15, 0.2) is 0 Å². The zero-order chi connectivity index (χ0) is 13.0. The van der Waals surface area contributed by atoms with Gasteiger partial charge in [-0.1, -0.05) is 31.4 Å². The van der Waals surface area contributed by atoms with Gasteiger partial charge in [0.2, 0.25) is 0 Å². The lowest BCUT2D eigenvalue weighted by molar-refractivity contribution is 0.0682. The molecule has 1 aliphatic rings. The Morgan fingerprint density at radius 1 is 1.44 bits per heavy atom. The first kappa shape index (κ1) is 12.9. The number of nitrogen functional groups attached to an aromatic ring is 1. The van der Waals surface area contributed by atoms with E-state index in [0.717, 1.165) is 12.3 Å². The number of ether oxygens (including phenoxy) is 1. The number of carboxylic acid groups (broad SMARTS) is 1. The van der Waals surface area contributed by atoms with E-state index >= 15 is 0 Å². The fourth-order valence-electron chi connectivity index (χ4n) is 2.21. The molecule has 1 fully saturated rings. The van der Waals surface area contributed by atoms with E-state index in [2.05, 4.69) is 0 Å². The van der Waals surface area contributed by atoms with Gasteiger partial charge >= 0.3 is 5.97 Å². The third-order valence-electron chi connectivity index (χ3n) is 3.55. The summed E-state index contributed by atoms with van der Waals surface area (Å²) in [6.45, 7) is 1.01. The monoisotopic (exact) mass is 249 g/mol. The number of hydrogen-bond donors (Lipinski definition) is 2. The van der Waals surface area contributed by atoms with Gasteiger partial charge in [0.05, 0.1) is 12.2 Å². The summed E-state index contributed by atoms with van der Waals surface area (Å²) in [5.74, 6) is -0.185. The molecule has 4 heteroatoms. The predicted molar refractivity (Wildman–Crippen MR) is 69.4 cm³/mol. The summed E-state index contributed by atoms with van der Waals surface area (Å²) in [6, 6.07) is 5.11. The van der Waals surface area contributed by atoms with Crippen LogP contribution in [0.3, 0.4) is 0 Å². The van der Waals surface area contributed by atoms with Crippen molar-refractivity contribution in [3.63, 3.8) is 0 Å². The van der Waals surface area contributed by atoms with Gasteiger partial charge in [0.25, 0.3) is 0 Å². The second-order valence-electron chi connectivity index (χ2n) is 4.82. The molecule has 0 aromatic heterocycles. The fraction of sp³-hybridized carbons (Fsp3) is 0.500. The molecule has 1 aromatic rings. The van der Waals surface area contributed by atoms with Crippen molar-refractivity contribution in [3.8, 4) is 0 Å². The van der Waals surface area contributed by atoms with Crippen molar-refractivity contribution >= 4 is 11.7 Å². The molecule has 18 heavy (non-hydrogen) atoms. The minimum atomic E-state index is -0.995. The minimum absolute atomic E-state index is 0.168. The first-order valence-corrected chi connectivity index (χ1v) is 6.37. The largest absolute Gasteiger partial charge is 0.478 e. The molecule has 1 saturated carbocycles. The summed E-state index contributed by atoms with van der Waals surface area (Å²) in [5, 5.41) is 9.10. The van der Waals surface area contributed by atoms with Crippen LogP contribution in [-0.2, 0) is 11.3 Å². The summed E-state index contributed by atoms with van der Waals surface area (Å²) in [6.07, 6.45) is 5.03. The van der Waals surface area contributed by atoms with Gasteiger partial charge in [-0.25, -0.2) is 4.79 Å². The Hall–Kier alpha value is -1.55. The van der Waals surface area contributed by atoms with Crippen LogP contribution in [-0.4, -0.2) is 17.7 Å². The average molecular weight is 249 g/mol. The number of hydrogen-bond acceptors (Lipinski definition) is 3. The number of rotatable bonds is 6. The van der Waals surface area contributed by atoms with Crippen molar-refractivity contribution in [2.45, 2.75) is 32.3 Å². The number of carbonyl (C=O) groups is 1. The van der Waals surface area contributed by atoms with Crippen molar-refractivity contribution in [1.29, 1.82) is 0 Å². The van der Waals surface area contributed by atoms with Crippen LogP contribution in [0, 0.1) is 5.92 Å². The molecule has 0 radical (unpaired) electrons. The van der Waals surface area contributed by atoms with Crippen molar-refractivity contribution < 1.29 is 14.6 Å². The SMILES string of the molecule is Nc1cccc(COCCC2CCC2)c1C(=O)O. The van der Waals surface area contributed by atoms with E-state index in [4.69, 9.17) is 15.6 Å². The van der Waals surface area contributed by atoms with Crippen LogP contribution < -0.4 is 5.73 Å². The smallest absolute Gasteiger partial charge is 0.338 e. The van der Waals surface area contributed by atoms with Gasteiger partial charge in [0, 0.05) is 12.3 Å². The zero-order valence-corrected chi connectivity index (χ0v) is 10.4. The zero-order valence-electron chi connectivity index (χ0n) is 10.4. The summed E-state index contributed by atoms with van der Waals surface area (Å²) in [4.78, 5) is 11.1. The summed E-state index contributed by atoms with van der Waals surface area (Å²) in [7, 11) is 0. The number of benzene rings is 1. The molecule has 2 rings (SSSR count). The highest BCUT2D eigenvalue weighted by atomic mass is 16.5. The quantitative estimate of drug-likeness (QED) is 0.600. The molecule has 0 bridgehead atoms. The number of anilines is 1. The molecule has 4 nitrogen and oxygen atoms in total. The Balaban J connectivity index is 1.87. The molecule has 0 heterocycles. The molecule has 0 atom stereocenters. The number of carboxylic acids is 1. The van der Waals surface area contributed by atoms with E-state index in [1.54, 1.807) is 18.2 Å². The highest BCUT2D eigenvalue weighted by Gasteiger charge is 2.17. The van der Waals surface area contributed by atoms with Crippen LogP contribution in [0.15, 0.2) is 18.2 Å². The number of aromatic carboxylic acids is 1. The highest BCUT2D eigenvalue weighted by Crippen LogP contribution is 2.29. The second-order valence-corrected chi connectivity index (χ2v) is 4.82. The lowest BCUT2D eigenvalue weighted by atomic mass is 9.83. The third kappa shape index (κ3) is 3.01. The Labute approximate surface area is 107 Å². The number of nitrogens with two attached hydrogens (primary N) is 1. The van der Waals surface area contributed by atoms with Crippen molar-refractivity contribution in [3.05, 3.63) is 29.3 Å². The van der Waals surface area contributed by atoms with Gasteiger partial charge < -0.3 is 15.6 Å². The van der Waals surface area contributed by atoms with Gasteiger partial charge in [-0.05, 0) is 24.0 Å². The van der Waals surface area contributed by atoms with E-state index in [9.17, 15) is 4.79 Å². The molecule has 1 aliphatic carbocycles. The molecule has 0 unspecified atom stereocenters. The predicted octanol–water partition coefficient (Wildman–Crippen LogP) is 2.67. The molecule has 1 aromatic carbocycles. The molecule has 0 amide bonds. The van der Waals surface area contributed by atoms with Crippen LogP contribution in [0.1, 0.15) is 41.6 Å². The topological polar surface area (TPSA) is 72.5 Å². The van der Waals surface area contributed by atoms with Crippen LogP contribution in [0.25, 0.3) is 0 Å². The Kier molecular flexibility index (Phi) is 4.20. The van der Waals surface area contributed by atoms with Crippen LogP contribution in [0.4, 0.5) is 5.69 Å². The average Bonchev–Trinajstić information content (AvgIpc) is 2.25. The lowest BCUT2D eigenvalue weighted by Gasteiger charge is -2.24. The van der Waals surface area contributed by atoms with Crippen LogP contribution in [0.2, 0.25) is 0 Å². The van der Waals surface area contributed by atoms with Gasteiger partial charge in [0.1, 0.15) is 0 Å². The maximum absolute atomic E-state index is 11.1. The van der Waals surface area contributed by atoms with Crippen molar-refractivity contribution in [2.75, 3.05) is 12.3 Å². The summed E-state index contributed by atoms with van der Waals surface area (Å²) >= 11 is 0. The highest BCUT2D eigenvalue weighted by molar-refractivity contribution is 5.95. The second kappa shape index (κ2) is 5.87. The maximum atomic E-state index is 11.1. The molecule has 3 N–H and O–H groups in total. The molecular formula is C14H19NO3. The maximum Gasteiger partial charge on any atom is 0.338 e. The fourth-order valence-corrected chi connectivity index (χ4v) is 2.21. The van der Waals surface area contributed by atoms with Crippen LogP contribution >= 0.6 is 0 Å². The lowest BCUT2D eigenvalue weighted by Crippen LogP contribution is -2.14. The van der Waals surface area contributed by atoms with E-state index in [1.807, 2.05) is 0 Å². The van der Waals surface area contributed by atoms with Gasteiger partial charge in [-0.15, -0.1) is 0 Å². The Morgan fingerprint density at radius 2 is 2.22 bits per heavy atom. The molecule has 0 spiro atoms. The van der Waals surface area contributed by atoms with Crippen molar-refractivity contribution in [2.24, 2.45) is 5.92 Å². The Bertz CT molecular complexity index is 427. The first-order valence-electron chi connectivity index (χ1n) is 6.37. The Morgan fingerprint density at radius 3 is 2.83 bits per heavy atom. The molecule has 98 valence electrons. The summed E-state index contributed by atoms with van der Waals surface area (Å²) < 4.78 is 5.55. The van der Waals surface area contributed by atoms with Gasteiger partial charge in [-0.3, -0.25) is 0 Å². The molecule has 0 aliphatic heterocycles. The van der Waals surface area contributed by atoms with Crippen LogP contribution in [0.5, 0.6) is 0 Å². The van der Waals surface area contributed by atoms with Gasteiger partial charge in [-0.2, -0.15) is 0 Å². The van der Waals surface area contributed by atoms with E-state index < -0.39 is 5.97 Å². The van der Waals surface area contributed by atoms with E-state index in [1.165, 1.54) is 19.3 Å². The standard InChI is InChI=1S/C14H19NO3/c15-12-6-2-5-11(13(12)14(16)17)9-18-8-7-10-3-1-4-10/h2,5-6,10H,1,3-4,7-9,15H2,(H,16,17). The van der Waals surface area contributed by atoms with Crippen molar-refractivity contribution in [1.82, 2.24) is 0 Å². The normalized spacial score (nSPS) is 15.3. The minimum Gasteiger partial charge on any atom is -0.478 e. The molecule has 0 saturated heterocycles. The van der Waals surface area contributed by atoms with E-state index in [0.29, 0.717) is 24.5 Å². The van der Waals surface area contributed by atoms with E-state index in [-0.39, 0.29) is 5.56 Å². The molecular weight excluding hydrogens is 230 g/mol. The summed E-state index contributed by atoms with van der Waals surface area (Å²) in [5.41, 5.74) is 6.78. The third-order valence-corrected chi connectivity index (χ3v) is 3.55. The first-order chi connectivity index (χ1) is 8.68.